The molecule has 0 saturated heterocycles. The molecule has 0 fully saturated rings. The molecule has 0 radical (unpaired) electrons. The Kier molecular flexibility index (Phi) is 3.26. The molecule has 3 rings (SSSR count). The number of benzene rings is 1. The summed E-state index contributed by atoms with van der Waals surface area (Å²) in [6.07, 6.45) is 3.23. The first-order valence-electron chi connectivity index (χ1n) is 6.24. The molecular weight excluding hydrogens is 252 g/mol. The number of hydrogen-bond acceptors (Lipinski definition) is 5. The van der Waals surface area contributed by atoms with Gasteiger partial charge in [-0.15, -0.1) is 0 Å². The summed E-state index contributed by atoms with van der Waals surface area (Å²) in [5.41, 5.74) is 8.80. The van der Waals surface area contributed by atoms with E-state index in [-0.39, 0.29) is 6.04 Å². The lowest BCUT2D eigenvalue weighted by molar-refractivity contribution is 0.395. The van der Waals surface area contributed by atoms with Crippen molar-refractivity contribution < 1.29 is 4.74 Å². The van der Waals surface area contributed by atoms with E-state index in [0.29, 0.717) is 11.6 Å². The maximum absolute atomic E-state index is 6.25. The van der Waals surface area contributed by atoms with Gasteiger partial charge in [0.1, 0.15) is 6.33 Å². The summed E-state index contributed by atoms with van der Waals surface area (Å²) in [7, 11) is 1.56. The van der Waals surface area contributed by atoms with Crippen molar-refractivity contribution in [3.63, 3.8) is 0 Å². The third-order valence-corrected chi connectivity index (χ3v) is 3.16. The second-order valence-corrected chi connectivity index (χ2v) is 4.42. The van der Waals surface area contributed by atoms with Crippen LogP contribution < -0.4 is 10.5 Å². The van der Waals surface area contributed by atoms with Gasteiger partial charge >= 0.3 is 0 Å². The molecule has 2 heterocycles. The molecule has 5 nitrogen and oxygen atoms in total. The van der Waals surface area contributed by atoms with Crippen LogP contribution in [0.4, 0.5) is 0 Å². The molecule has 20 heavy (non-hydrogen) atoms. The standard InChI is InChI=1S/C15H14N4O/c1-20-14-7-13(18-9-19-14)15(16)11-6-10-4-2-3-5-12(10)17-8-11/h2-9,15H,16H2,1H3. The number of para-hydroxylation sites is 1. The number of nitrogens with zero attached hydrogens (tertiary/aromatic N) is 3. The zero-order valence-electron chi connectivity index (χ0n) is 11.0. The number of ether oxygens (including phenoxy) is 1. The normalized spacial score (nSPS) is 12.3. The van der Waals surface area contributed by atoms with E-state index in [2.05, 4.69) is 15.0 Å². The highest BCUT2D eigenvalue weighted by Crippen LogP contribution is 2.22. The lowest BCUT2D eigenvalue weighted by atomic mass is 10.0. The van der Waals surface area contributed by atoms with Crippen LogP contribution in [-0.4, -0.2) is 22.1 Å². The molecular formula is C15H14N4O. The molecule has 0 saturated carbocycles. The third kappa shape index (κ3) is 2.31. The van der Waals surface area contributed by atoms with Gasteiger partial charge in [0.2, 0.25) is 5.88 Å². The Hall–Kier alpha value is -2.53. The number of nitrogens with two attached hydrogens (primary N) is 1. The smallest absolute Gasteiger partial charge is 0.216 e. The molecule has 2 aromatic heterocycles. The molecule has 0 amide bonds. The van der Waals surface area contributed by atoms with Gasteiger partial charge < -0.3 is 10.5 Å². The molecule has 2 N–H and O–H groups in total. The zero-order valence-corrected chi connectivity index (χ0v) is 11.0. The molecule has 0 aliphatic rings. The van der Waals surface area contributed by atoms with E-state index in [4.69, 9.17) is 10.5 Å². The van der Waals surface area contributed by atoms with E-state index in [0.717, 1.165) is 16.5 Å². The fraction of sp³-hybridized carbons (Fsp3) is 0.133. The van der Waals surface area contributed by atoms with Crippen LogP contribution in [0.5, 0.6) is 5.88 Å². The molecule has 100 valence electrons. The zero-order chi connectivity index (χ0) is 13.9. The van der Waals surface area contributed by atoms with Gasteiger partial charge in [-0.25, -0.2) is 9.97 Å². The Bertz CT molecular complexity index is 745. The van der Waals surface area contributed by atoms with Gasteiger partial charge in [-0.1, -0.05) is 18.2 Å². The second kappa shape index (κ2) is 5.22. The quantitative estimate of drug-likeness (QED) is 0.785. The minimum atomic E-state index is -0.357. The maximum Gasteiger partial charge on any atom is 0.216 e. The predicted octanol–water partition coefficient (Wildman–Crippen LogP) is 2.08. The molecule has 0 bridgehead atoms. The molecule has 0 spiro atoms. The van der Waals surface area contributed by atoms with Crippen LogP contribution in [0.1, 0.15) is 17.3 Å². The molecule has 1 unspecified atom stereocenters. The Balaban J connectivity index is 2.00. The number of rotatable bonds is 3. The van der Waals surface area contributed by atoms with Gasteiger partial charge in [0.05, 0.1) is 24.4 Å². The van der Waals surface area contributed by atoms with Crippen molar-refractivity contribution in [3.05, 3.63) is 60.2 Å². The van der Waals surface area contributed by atoms with E-state index < -0.39 is 0 Å². The van der Waals surface area contributed by atoms with E-state index in [1.807, 2.05) is 30.3 Å². The van der Waals surface area contributed by atoms with Crippen molar-refractivity contribution in [2.24, 2.45) is 5.73 Å². The number of aromatic nitrogens is 3. The van der Waals surface area contributed by atoms with E-state index in [1.165, 1.54) is 6.33 Å². The van der Waals surface area contributed by atoms with Gasteiger partial charge in [-0.2, -0.15) is 0 Å². The van der Waals surface area contributed by atoms with Crippen LogP contribution in [-0.2, 0) is 0 Å². The highest BCUT2D eigenvalue weighted by molar-refractivity contribution is 5.78. The van der Waals surface area contributed by atoms with Crippen molar-refractivity contribution in [3.8, 4) is 5.88 Å². The number of pyridine rings is 1. The lowest BCUT2D eigenvalue weighted by Gasteiger charge is -2.12. The van der Waals surface area contributed by atoms with Crippen molar-refractivity contribution in [2.75, 3.05) is 7.11 Å². The summed E-state index contributed by atoms with van der Waals surface area (Å²) in [5.74, 6) is 0.499. The third-order valence-electron chi connectivity index (χ3n) is 3.16. The second-order valence-electron chi connectivity index (χ2n) is 4.42. The van der Waals surface area contributed by atoms with Crippen molar-refractivity contribution in [1.29, 1.82) is 0 Å². The topological polar surface area (TPSA) is 73.9 Å². The van der Waals surface area contributed by atoms with Gasteiger partial charge in [-0.3, -0.25) is 4.98 Å². The van der Waals surface area contributed by atoms with E-state index in [1.54, 1.807) is 19.4 Å². The Morgan fingerprint density at radius 1 is 1.10 bits per heavy atom. The Labute approximate surface area is 116 Å². The average Bonchev–Trinajstić information content (AvgIpc) is 2.53. The van der Waals surface area contributed by atoms with Crippen molar-refractivity contribution in [1.82, 2.24) is 15.0 Å². The van der Waals surface area contributed by atoms with E-state index >= 15 is 0 Å². The molecule has 3 aromatic rings. The van der Waals surface area contributed by atoms with Gasteiger partial charge in [0.15, 0.2) is 0 Å². The molecule has 0 aliphatic heterocycles. The maximum atomic E-state index is 6.25. The first-order valence-corrected chi connectivity index (χ1v) is 6.24. The Morgan fingerprint density at radius 3 is 2.80 bits per heavy atom. The molecule has 0 aliphatic carbocycles. The van der Waals surface area contributed by atoms with E-state index in [9.17, 15) is 0 Å². The SMILES string of the molecule is COc1cc(C(N)c2cnc3ccccc3c2)ncn1. The van der Waals surface area contributed by atoms with Crippen LogP contribution in [0, 0.1) is 0 Å². The summed E-state index contributed by atoms with van der Waals surface area (Å²) in [4.78, 5) is 12.6. The van der Waals surface area contributed by atoms with Crippen LogP contribution >= 0.6 is 0 Å². The van der Waals surface area contributed by atoms with Crippen molar-refractivity contribution >= 4 is 10.9 Å². The minimum absolute atomic E-state index is 0.357. The summed E-state index contributed by atoms with van der Waals surface area (Å²) >= 11 is 0. The first-order chi connectivity index (χ1) is 9.78. The fourth-order valence-electron chi connectivity index (χ4n) is 2.06. The molecule has 5 heteroatoms. The number of fused-ring (bicyclic) bond motifs is 1. The van der Waals surface area contributed by atoms with Gasteiger partial charge in [-0.05, 0) is 17.7 Å². The van der Waals surface area contributed by atoms with Crippen LogP contribution in [0.25, 0.3) is 10.9 Å². The largest absolute Gasteiger partial charge is 0.481 e. The van der Waals surface area contributed by atoms with Crippen LogP contribution in [0.3, 0.4) is 0 Å². The first kappa shape index (κ1) is 12.5. The highest BCUT2D eigenvalue weighted by Gasteiger charge is 2.12. The highest BCUT2D eigenvalue weighted by atomic mass is 16.5. The Morgan fingerprint density at radius 2 is 1.95 bits per heavy atom. The fourth-order valence-corrected chi connectivity index (χ4v) is 2.06. The summed E-state index contributed by atoms with van der Waals surface area (Å²) in [6, 6.07) is 11.3. The van der Waals surface area contributed by atoms with Gasteiger partial charge in [0, 0.05) is 17.6 Å². The minimum Gasteiger partial charge on any atom is -0.481 e. The molecule has 1 aromatic carbocycles. The number of methoxy groups -OCH3 is 1. The van der Waals surface area contributed by atoms with Crippen LogP contribution in [0.15, 0.2) is 48.9 Å². The molecule has 1 atom stereocenters. The average molecular weight is 266 g/mol. The summed E-state index contributed by atoms with van der Waals surface area (Å²) in [6.45, 7) is 0. The predicted molar refractivity (Wildman–Crippen MR) is 76.4 cm³/mol. The van der Waals surface area contributed by atoms with Crippen LogP contribution in [0.2, 0.25) is 0 Å². The van der Waals surface area contributed by atoms with Gasteiger partial charge in [0.25, 0.3) is 0 Å². The number of hydrogen-bond donors (Lipinski definition) is 1. The monoisotopic (exact) mass is 266 g/mol. The summed E-state index contributed by atoms with van der Waals surface area (Å²) in [5, 5.41) is 1.06. The lowest BCUT2D eigenvalue weighted by Crippen LogP contribution is -2.14. The van der Waals surface area contributed by atoms with Crippen molar-refractivity contribution in [2.45, 2.75) is 6.04 Å². The summed E-state index contributed by atoms with van der Waals surface area (Å²) < 4.78 is 5.09.